The van der Waals surface area contributed by atoms with Crippen molar-refractivity contribution in [1.29, 1.82) is 0 Å². The van der Waals surface area contributed by atoms with Crippen molar-refractivity contribution in [2.24, 2.45) is 0 Å². The predicted molar refractivity (Wildman–Crippen MR) is 58.1 cm³/mol. The minimum absolute atomic E-state index is 0.536. The topological polar surface area (TPSA) is 56.7 Å². The molecule has 0 saturated heterocycles. The Kier molecular flexibility index (Phi) is 2.11. The van der Waals surface area contributed by atoms with Gasteiger partial charge in [-0.3, -0.25) is 0 Å². The predicted octanol–water partition coefficient (Wildman–Crippen LogP) is 2.12. The lowest BCUT2D eigenvalue weighted by Gasteiger charge is -1.95. The molecule has 0 aliphatic rings. The minimum Gasteiger partial charge on any atom is -0.356 e. The Balaban J connectivity index is 2.04. The van der Waals surface area contributed by atoms with E-state index in [0.717, 1.165) is 11.1 Å². The molecule has 3 rings (SSSR count). The number of hydrogen-bond acceptors (Lipinski definition) is 4. The fraction of sp³-hybridized carbons (Fsp3) is 0.100. The Morgan fingerprint density at radius 3 is 3.12 bits per heavy atom. The molecule has 0 atom stereocenters. The lowest BCUT2D eigenvalue weighted by atomic mass is 10.2. The van der Waals surface area contributed by atoms with Crippen LogP contribution in [0.3, 0.4) is 0 Å². The van der Waals surface area contributed by atoms with Crippen LogP contribution in [-0.2, 0) is 6.54 Å². The van der Waals surface area contributed by atoms with Crippen LogP contribution in [0.1, 0.15) is 5.69 Å². The lowest BCUT2D eigenvalue weighted by molar-refractivity contribution is 0.440. The Morgan fingerprint density at radius 2 is 2.31 bits per heavy atom. The average Bonchev–Trinajstić information content (AvgIpc) is 2.89. The van der Waals surface area contributed by atoms with Crippen LogP contribution in [0.25, 0.3) is 11.0 Å². The first kappa shape index (κ1) is 9.35. The van der Waals surface area contributed by atoms with Gasteiger partial charge in [0.1, 0.15) is 18.3 Å². The molecule has 80 valence electrons. The van der Waals surface area contributed by atoms with Gasteiger partial charge in [-0.1, -0.05) is 16.8 Å². The molecule has 0 bridgehead atoms. The molecule has 2 aromatic heterocycles. The second kappa shape index (κ2) is 3.61. The summed E-state index contributed by atoms with van der Waals surface area (Å²) >= 11 is 5.86. The van der Waals surface area contributed by atoms with Crippen molar-refractivity contribution >= 4 is 22.6 Å². The van der Waals surface area contributed by atoms with Gasteiger partial charge in [-0.15, -0.1) is 0 Å². The zero-order valence-corrected chi connectivity index (χ0v) is 8.92. The Hall–Kier alpha value is -1.88. The summed E-state index contributed by atoms with van der Waals surface area (Å²) in [4.78, 5) is 3.87. The number of benzene rings is 1. The molecule has 0 aliphatic heterocycles. The van der Waals surface area contributed by atoms with Gasteiger partial charge in [0.05, 0.1) is 6.54 Å². The van der Waals surface area contributed by atoms with E-state index in [1.54, 1.807) is 17.1 Å². The lowest BCUT2D eigenvalue weighted by Crippen LogP contribution is -2.00. The molecule has 2 heterocycles. The molecule has 0 aliphatic carbocycles. The van der Waals surface area contributed by atoms with E-state index in [-0.39, 0.29) is 0 Å². The molecule has 3 aromatic rings. The van der Waals surface area contributed by atoms with Gasteiger partial charge in [0, 0.05) is 16.5 Å². The zero-order valence-electron chi connectivity index (χ0n) is 8.17. The van der Waals surface area contributed by atoms with Gasteiger partial charge in [-0.2, -0.15) is 5.10 Å². The highest BCUT2D eigenvalue weighted by atomic mass is 35.5. The van der Waals surface area contributed by atoms with E-state index >= 15 is 0 Å². The summed E-state index contributed by atoms with van der Waals surface area (Å²) in [5, 5.41) is 9.58. The van der Waals surface area contributed by atoms with E-state index in [2.05, 4.69) is 15.2 Å². The van der Waals surface area contributed by atoms with E-state index in [1.807, 2.05) is 12.1 Å². The molecule has 0 fully saturated rings. The number of nitrogens with zero attached hydrogens (tertiary/aromatic N) is 4. The van der Waals surface area contributed by atoms with Crippen LogP contribution in [0, 0.1) is 0 Å². The largest absolute Gasteiger partial charge is 0.356 e. The quantitative estimate of drug-likeness (QED) is 0.682. The first-order valence-corrected chi connectivity index (χ1v) is 5.07. The zero-order chi connectivity index (χ0) is 11.0. The first-order chi connectivity index (χ1) is 7.83. The number of fused-ring (bicyclic) bond motifs is 1. The van der Waals surface area contributed by atoms with Gasteiger partial charge in [-0.25, -0.2) is 9.67 Å². The van der Waals surface area contributed by atoms with Crippen LogP contribution < -0.4 is 0 Å². The minimum atomic E-state index is 0.536. The molecular formula is C10H7ClN4O. The highest BCUT2D eigenvalue weighted by Crippen LogP contribution is 2.22. The van der Waals surface area contributed by atoms with E-state index in [1.165, 1.54) is 6.33 Å². The molecule has 5 nitrogen and oxygen atoms in total. The standard InChI is InChI=1S/C10H7ClN4O/c11-7-1-2-8-9(14-16-10(8)3-7)4-15-6-12-5-13-15/h1-3,5-6H,4H2. The van der Waals surface area contributed by atoms with Crippen LogP contribution in [0.2, 0.25) is 5.02 Å². The summed E-state index contributed by atoms with van der Waals surface area (Å²) in [7, 11) is 0. The average molecular weight is 235 g/mol. The summed E-state index contributed by atoms with van der Waals surface area (Å²) in [5.41, 5.74) is 1.50. The van der Waals surface area contributed by atoms with Crippen molar-refractivity contribution in [2.75, 3.05) is 0 Å². The third kappa shape index (κ3) is 1.55. The van der Waals surface area contributed by atoms with Crippen molar-refractivity contribution in [3.63, 3.8) is 0 Å². The third-order valence-corrected chi connectivity index (χ3v) is 2.52. The van der Waals surface area contributed by atoms with Crippen LogP contribution >= 0.6 is 11.6 Å². The van der Waals surface area contributed by atoms with E-state index in [0.29, 0.717) is 17.2 Å². The molecule has 1 aromatic carbocycles. The molecule has 0 saturated carbocycles. The monoisotopic (exact) mass is 234 g/mol. The second-order valence-electron chi connectivity index (χ2n) is 3.36. The molecule has 16 heavy (non-hydrogen) atoms. The summed E-state index contributed by atoms with van der Waals surface area (Å²) < 4.78 is 6.87. The smallest absolute Gasteiger partial charge is 0.168 e. The molecular weight excluding hydrogens is 228 g/mol. The number of halogens is 1. The van der Waals surface area contributed by atoms with Crippen LogP contribution in [0.4, 0.5) is 0 Å². The second-order valence-corrected chi connectivity index (χ2v) is 3.80. The van der Waals surface area contributed by atoms with Gasteiger partial charge in [-0.05, 0) is 12.1 Å². The summed E-state index contributed by atoms with van der Waals surface area (Å²) in [6.45, 7) is 0.536. The highest BCUT2D eigenvalue weighted by molar-refractivity contribution is 6.31. The highest BCUT2D eigenvalue weighted by Gasteiger charge is 2.09. The summed E-state index contributed by atoms with van der Waals surface area (Å²) in [6.07, 6.45) is 3.12. The van der Waals surface area contributed by atoms with E-state index in [4.69, 9.17) is 16.1 Å². The fourth-order valence-corrected chi connectivity index (χ4v) is 1.71. The third-order valence-electron chi connectivity index (χ3n) is 2.29. The van der Waals surface area contributed by atoms with Crippen LogP contribution in [0.15, 0.2) is 35.4 Å². The van der Waals surface area contributed by atoms with Gasteiger partial charge in [0.2, 0.25) is 0 Å². The maximum absolute atomic E-state index is 5.86. The SMILES string of the molecule is Clc1ccc2c(Cn3cncn3)noc2c1. The van der Waals surface area contributed by atoms with Crippen molar-refractivity contribution in [2.45, 2.75) is 6.54 Å². The van der Waals surface area contributed by atoms with E-state index < -0.39 is 0 Å². The van der Waals surface area contributed by atoms with E-state index in [9.17, 15) is 0 Å². The Bertz CT molecular complexity index is 617. The van der Waals surface area contributed by atoms with Gasteiger partial charge in [0.25, 0.3) is 0 Å². The summed E-state index contributed by atoms with van der Waals surface area (Å²) in [6, 6.07) is 5.45. The number of aromatic nitrogens is 4. The van der Waals surface area contributed by atoms with Gasteiger partial charge >= 0.3 is 0 Å². The number of rotatable bonds is 2. The molecule has 6 heteroatoms. The maximum Gasteiger partial charge on any atom is 0.168 e. The van der Waals surface area contributed by atoms with Crippen molar-refractivity contribution in [3.05, 3.63) is 41.6 Å². The van der Waals surface area contributed by atoms with Gasteiger partial charge < -0.3 is 4.52 Å². The van der Waals surface area contributed by atoms with Crippen molar-refractivity contribution in [3.8, 4) is 0 Å². The Labute approximate surface area is 95.6 Å². The van der Waals surface area contributed by atoms with Gasteiger partial charge in [0.15, 0.2) is 5.58 Å². The number of hydrogen-bond donors (Lipinski definition) is 0. The van der Waals surface area contributed by atoms with Crippen LogP contribution in [-0.4, -0.2) is 19.9 Å². The first-order valence-electron chi connectivity index (χ1n) is 4.69. The maximum atomic E-state index is 5.86. The molecule has 0 radical (unpaired) electrons. The fourth-order valence-electron chi connectivity index (χ4n) is 1.55. The molecule has 0 amide bonds. The van der Waals surface area contributed by atoms with Crippen LogP contribution in [0.5, 0.6) is 0 Å². The molecule has 0 unspecified atom stereocenters. The molecule has 0 N–H and O–H groups in total. The van der Waals surface area contributed by atoms with Crippen molar-refractivity contribution < 1.29 is 4.52 Å². The van der Waals surface area contributed by atoms with Crippen molar-refractivity contribution in [1.82, 2.24) is 19.9 Å². The Morgan fingerprint density at radius 1 is 1.38 bits per heavy atom. The molecule has 0 spiro atoms. The normalized spacial score (nSPS) is 11.1. The summed E-state index contributed by atoms with van der Waals surface area (Å²) in [5.74, 6) is 0.